The lowest BCUT2D eigenvalue weighted by Gasteiger charge is -2.22. The molecule has 2 amide bonds. The van der Waals surface area contributed by atoms with Crippen molar-refractivity contribution < 1.29 is 43.3 Å². The monoisotopic (exact) mass is 682 g/mol. The molecule has 2 heterocycles. The fourth-order valence-corrected chi connectivity index (χ4v) is 4.85. The van der Waals surface area contributed by atoms with E-state index in [0.717, 1.165) is 24.0 Å². The number of halogens is 2. The van der Waals surface area contributed by atoms with E-state index in [1.54, 1.807) is 6.92 Å². The highest BCUT2D eigenvalue weighted by Gasteiger charge is 2.35. The molecule has 2 saturated heterocycles. The van der Waals surface area contributed by atoms with Crippen LogP contribution in [0.3, 0.4) is 0 Å². The van der Waals surface area contributed by atoms with Crippen molar-refractivity contribution in [2.45, 2.75) is 57.9 Å². The Morgan fingerprint density at radius 1 is 0.791 bits per heavy atom. The lowest BCUT2D eigenvalue weighted by molar-refractivity contribution is -0.141. The smallest absolute Gasteiger partial charge is 0.410 e. The second kappa shape index (κ2) is 19.5. The van der Waals surface area contributed by atoms with Gasteiger partial charge in [0.1, 0.15) is 19.3 Å². The number of benzene rings is 2. The third-order valence-electron chi connectivity index (χ3n) is 6.43. The number of hydrogen-bond donors (Lipinski definition) is 1. The normalized spacial score (nSPS) is 17.0. The van der Waals surface area contributed by atoms with Crippen LogP contribution in [0.1, 0.15) is 43.7 Å². The molecule has 2 fully saturated rings. The number of carbonyl (C=O) groups excluding carboxylic acids is 4. The van der Waals surface area contributed by atoms with E-state index in [4.69, 9.17) is 26.2 Å². The standard InChI is InChI=1S/C14H16BrNO3.C13H15NO4.C3H5ClO2/c15-9-13(17)12-7-4-8-16(12)14(18)19-10-11-5-2-1-3-6-11;15-12(16)11-7-4-8-14(11)13(17)18-9-10-5-2-1-3-6-10;1-2-6-3(4)5/h1-3,5-6,12H,4,7-10H2;1-3,5-6,11H,4,7-9H2,(H,15,16);2H2,1H3/t12-;11-;/m00./s1. The van der Waals surface area contributed by atoms with E-state index in [1.807, 2.05) is 60.7 Å². The van der Waals surface area contributed by atoms with Crippen molar-refractivity contribution >= 4 is 56.9 Å². The van der Waals surface area contributed by atoms with Gasteiger partial charge >= 0.3 is 23.6 Å². The number of alkyl halides is 1. The minimum Gasteiger partial charge on any atom is -0.480 e. The minimum absolute atomic E-state index is 0.0363. The summed E-state index contributed by atoms with van der Waals surface area (Å²) in [6.45, 7) is 3.50. The summed E-state index contributed by atoms with van der Waals surface area (Å²) in [5.74, 6) is -0.932. The van der Waals surface area contributed by atoms with Crippen LogP contribution in [0.2, 0.25) is 0 Å². The number of nitrogens with zero attached hydrogens (tertiary/aromatic N) is 2. The number of carbonyl (C=O) groups is 5. The van der Waals surface area contributed by atoms with Crippen molar-refractivity contribution in [1.82, 2.24) is 9.80 Å². The molecule has 43 heavy (non-hydrogen) atoms. The van der Waals surface area contributed by atoms with Gasteiger partial charge in [0.25, 0.3) is 0 Å². The first-order valence-electron chi connectivity index (χ1n) is 13.8. The van der Waals surface area contributed by atoms with Gasteiger partial charge in [-0.05, 0) is 43.7 Å². The molecule has 0 saturated carbocycles. The van der Waals surface area contributed by atoms with E-state index in [0.29, 0.717) is 32.5 Å². The van der Waals surface area contributed by atoms with E-state index >= 15 is 0 Å². The molecular weight excluding hydrogens is 648 g/mol. The molecule has 4 rings (SSSR count). The quantitative estimate of drug-likeness (QED) is 0.201. The number of Topliss-reactive ketones (excluding diaryl/α,β-unsaturated/α-hetero) is 1. The zero-order valence-corrected chi connectivity index (χ0v) is 26.2. The highest BCUT2D eigenvalue weighted by molar-refractivity contribution is 9.09. The fraction of sp³-hybridized carbons (Fsp3) is 0.433. The SMILES string of the molecule is CCOC(=O)Cl.O=C(CBr)[C@@H]1CCCN1C(=O)OCc1ccccc1.O=C(O)[C@@H]1CCCN1C(=O)OCc1ccccc1. The second-order valence-electron chi connectivity index (χ2n) is 9.39. The van der Waals surface area contributed by atoms with Crippen LogP contribution in [0, 0.1) is 0 Å². The molecule has 0 aliphatic carbocycles. The first-order chi connectivity index (χ1) is 20.7. The molecule has 2 aliphatic heterocycles. The Bertz CT molecular complexity index is 1190. The van der Waals surface area contributed by atoms with Gasteiger partial charge < -0.3 is 19.3 Å². The van der Waals surface area contributed by atoms with E-state index in [1.165, 1.54) is 9.80 Å². The highest BCUT2D eigenvalue weighted by Crippen LogP contribution is 2.21. The Kier molecular flexibility index (Phi) is 16.1. The minimum atomic E-state index is -0.968. The molecular formula is C30H36BrClN2O9. The van der Waals surface area contributed by atoms with Gasteiger partial charge in [-0.15, -0.1) is 0 Å². The van der Waals surface area contributed by atoms with Crippen LogP contribution < -0.4 is 0 Å². The maximum absolute atomic E-state index is 12.0. The summed E-state index contributed by atoms with van der Waals surface area (Å²) in [5.41, 5.74) is 1.09. The Hall–Kier alpha value is -3.64. The molecule has 0 unspecified atom stereocenters. The third kappa shape index (κ3) is 12.6. The number of carboxylic acid groups (broad SMARTS) is 1. The van der Waals surface area contributed by atoms with Crippen molar-refractivity contribution in [2.75, 3.05) is 25.0 Å². The van der Waals surface area contributed by atoms with Gasteiger partial charge in [-0.3, -0.25) is 14.6 Å². The number of ketones is 1. The zero-order valence-electron chi connectivity index (χ0n) is 23.9. The summed E-state index contributed by atoms with van der Waals surface area (Å²) in [6, 6.07) is 17.7. The van der Waals surface area contributed by atoms with Crippen LogP contribution in [0.5, 0.6) is 0 Å². The van der Waals surface area contributed by atoms with E-state index in [-0.39, 0.29) is 30.4 Å². The van der Waals surface area contributed by atoms with Crippen molar-refractivity contribution in [2.24, 2.45) is 0 Å². The first kappa shape index (κ1) is 35.6. The molecule has 1 N–H and O–H groups in total. The van der Waals surface area contributed by atoms with Crippen LogP contribution in [-0.4, -0.2) is 81.4 Å². The number of amides is 2. The van der Waals surface area contributed by atoms with Crippen LogP contribution >= 0.6 is 27.5 Å². The lowest BCUT2D eigenvalue weighted by Crippen LogP contribution is -2.41. The average molecular weight is 684 g/mol. The van der Waals surface area contributed by atoms with Gasteiger partial charge in [-0.25, -0.2) is 19.2 Å². The molecule has 0 aromatic heterocycles. The van der Waals surface area contributed by atoms with Crippen molar-refractivity contribution in [3.63, 3.8) is 0 Å². The van der Waals surface area contributed by atoms with Gasteiger partial charge in [-0.1, -0.05) is 76.6 Å². The zero-order chi connectivity index (χ0) is 31.6. The van der Waals surface area contributed by atoms with E-state index in [9.17, 15) is 24.0 Å². The van der Waals surface area contributed by atoms with Crippen molar-refractivity contribution in [3.8, 4) is 0 Å². The van der Waals surface area contributed by atoms with Crippen molar-refractivity contribution in [3.05, 3.63) is 71.8 Å². The predicted octanol–water partition coefficient (Wildman–Crippen LogP) is 6.01. The second-order valence-corrected chi connectivity index (χ2v) is 10.3. The summed E-state index contributed by atoms with van der Waals surface area (Å²) >= 11 is 7.87. The van der Waals surface area contributed by atoms with E-state index < -0.39 is 29.6 Å². The first-order valence-corrected chi connectivity index (χ1v) is 15.3. The van der Waals surface area contributed by atoms with Gasteiger partial charge in [0, 0.05) is 24.7 Å². The van der Waals surface area contributed by atoms with Gasteiger partial charge in [0.05, 0.1) is 18.0 Å². The van der Waals surface area contributed by atoms with Gasteiger partial charge in [0.15, 0.2) is 5.78 Å². The number of hydrogen-bond acceptors (Lipinski definition) is 8. The summed E-state index contributed by atoms with van der Waals surface area (Å²) in [7, 11) is 0. The van der Waals surface area contributed by atoms with Crippen LogP contribution in [0.4, 0.5) is 14.4 Å². The molecule has 0 spiro atoms. The summed E-state index contributed by atoms with van der Waals surface area (Å²) in [5, 5.41) is 9.25. The summed E-state index contributed by atoms with van der Waals surface area (Å²) < 4.78 is 14.5. The Morgan fingerprint density at radius 3 is 1.60 bits per heavy atom. The number of aliphatic carboxylic acids is 1. The number of carboxylic acids is 1. The number of ether oxygens (including phenoxy) is 3. The Morgan fingerprint density at radius 2 is 1.23 bits per heavy atom. The molecule has 2 aliphatic rings. The Labute approximate surface area is 264 Å². The van der Waals surface area contributed by atoms with Crippen LogP contribution in [0.15, 0.2) is 60.7 Å². The third-order valence-corrected chi connectivity index (χ3v) is 7.09. The molecule has 13 heteroatoms. The maximum atomic E-state index is 12.0. The van der Waals surface area contributed by atoms with Crippen LogP contribution in [-0.2, 0) is 37.0 Å². The number of likely N-dealkylation sites (tertiary alicyclic amines) is 2. The summed E-state index contributed by atoms with van der Waals surface area (Å²) in [4.78, 5) is 58.8. The molecule has 11 nitrogen and oxygen atoms in total. The Balaban J connectivity index is 0.000000254. The molecule has 2 aromatic carbocycles. The fourth-order valence-electron chi connectivity index (χ4n) is 4.37. The van der Waals surface area contributed by atoms with E-state index in [2.05, 4.69) is 20.7 Å². The summed E-state index contributed by atoms with van der Waals surface area (Å²) in [6.07, 6.45) is 1.83. The topological polar surface area (TPSA) is 140 Å². The predicted molar refractivity (Wildman–Crippen MR) is 162 cm³/mol. The van der Waals surface area contributed by atoms with Crippen molar-refractivity contribution in [1.29, 1.82) is 0 Å². The number of rotatable bonds is 8. The molecule has 0 bridgehead atoms. The average Bonchev–Trinajstić information content (AvgIpc) is 3.71. The highest BCUT2D eigenvalue weighted by atomic mass is 79.9. The maximum Gasteiger partial charge on any atom is 0.410 e. The van der Waals surface area contributed by atoms with Crippen LogP contribution in [0.25, 0.3) is 0 Å². The lowest BCUT2D eigenvalue weighted by atomic mass is 10.1. The molecule has 2 atom stereocenters. The molecule has 234 valence electrons. The van der Waals surface area contributed by atoms with Gasteiger partial charge in [-0.2, -0.15) is 0 Å². The van der Waals surface area contributed by atoms with Gasteiger partial charge in [0.2, 0.25) is 0 Å². The largest absolute Gasteiger partial charge is 0.480 e. The molecule has 2 aromatic rings. The molecule has 0 radical (unpaired) electrons.